The smallest absolute Gasteiger partial charge is 0.285 e. The molecule has 1 aliphatic rings. The van der Waals surface area contributed by atoms with Crippen LogP contribution in [0.3, 0.4) is 0 Å². The first-order valence-electron chi connectivity index (χ1n) is 4.87. The second-order valence-electron chi connectivity index (χ2n) is 3.42. The van der Waals surface area contributed by atoms with Gasteiger partial charge < -0.3 is 5.11 Å². The van der Waals surface area contributed by atoms with Crippen LogP contribution in [0.25, 0.3) is 6.08 Å². The van der Waals surface area contributed by atoms with Gasteiger partial charge in [-0.1, -0.05) is 11.8 Å². The molecule has 0 unspecified atom stereocenters. The van der Waals surface area contributed by atoms with Crippen molar-refractivity contribution in [2.75, 3.05) is 6.26 Å². The monoisotopic (exact) mass is 425 g/mol. The van der Waals surface area contributed by atoms with Crippen LogP contribution in [0, 0.1) is 5.82 Å². The van der Waals surface area contributed by atoms with E-state index in [1.807, 2.05) is 6.26 Å². The lowest BCUT2D eigenvalue weighted by Gasteiger charge is -2.06. The third-order valence-electron chi connectivity index (χ3n) is 2.23. The molecule has 1 heterocycles. The quantitative estimate of drug-likeness (QED) is 0.534. The highest BCUT2D eigenvalue weighted by Crippen LogP contribution is 2.39. The van der Waals surface area contributed by atoms with Gasteiger partial charge in [-0.05, 0) is 50.3 Å². The fraction of sp³-hybridized carbons (Fsp3) is 0.0909. The van der Waals surface area contributed by atoms with E-state index in [9.17, 15) is 14.3 Å². The zero-order chi connectivity index (χ0) is 14.2. The number of rotatable bonds is 1. The van der Waals surface area contributed by atoms with Crippen LogP contribution in [0.4, 0.5) is 4.39 Å². The molecule has 8 heteroatoms. The molecule has 100 valence electrons. The number of hydrogen-bond donors (Lipinski definition) is 1. The van der Waals surface area contributed by atoms with Gasteiger partial charge in [0, 0.05) is 5.56 Å². The average molecular weight is 427 g/mol. The van der Waals surface area contributed by atoms with Crippen molar-refractivity contribution in [1.82, 2.24) is 0 Å². The van der Waals surface area contributed by atoms with Gasteiger partial charge in [0.05, 0.1) is 13.9 Å². The first-order chi connectivity index (χ1) is 8.93. The molecular formula is C11H6Br2FNO2S2. The van der Waals surface area contributed by atoms with E-state index >= 15 is 0 Å². The molecule has 1 N–H and O–H groups in total. The molecule has 1 amide bonds. The molecule has 2 rings (SSSR count). The van der Waals surface area contributed by atoms with Crippen molar-refractivity contribution in [2.45, 2.75) is 0 Å². The molecule has 0 aromatic heterocycles. The van der Waals surface area contributed by atoms with Gasteiger partial charge in [-0.25, -0.2) is 4.39 Å². The number of benzene rings is 1. The number of thioether (sulfide) groups is 2. The number of aromatic hydroxyl groups is 1. The number of nitrogens with zero attached hydrogens (tertiary/aromatic N) is 1. The summed E-state index contributed by atoms with van der Waals surface area (Å²) in [6.45, 7) is 0. The maximum atomic E-state index is 13.5. The average Bonchev–Trinajstić information content (AvgIpc) is 2.74. The summed E-state index contributed by atoms with van der Waals surface area (Å²) in [4.78, 5) is 15.9. The van der Waals surface area contributed by atoms with Crippen molar-refractivity contribution in [3.8, 4) is 5.75 Å². The van der Waals surface area contributed by atoms with E-state index in [1.54, 1.807) is 0 Å². The van der Waals surface area contributed by atoms with Gasteiger partial charge in [-0.3, -0.25) is 4.79 Å². The Hall–Kier alpha value is -0.310. The first-order valence-corrected chi connectivity index (χ1v) is 8.49. The van der Waals surface area contributed by atoms with Crippen LogP contribution < -0.4 is 0 Å². The van der Waals surface area contributed by atoms with E-state index in [4.69, 9.17) is 0 Å². The summed E-state index contributed by atoms with van der Waals surface area (Å²) < 4.78 is 14.3. The Bertz CT molecular complexity index is 632. The molecule has 0 spiro atoms. The maximum absolute atomic E-state index is 13.5. The molecule has 3 nitrogen and oxygen atoms in total. The van der Waals surface area contributed by atoms with Gasteiger partial charge in [-0.2, -0.15) is 4.99 Å². The molecule has 1 aromatic rings. The molecule has 0 atom stereocenters. The largest absolute Gasteiger partial charge is 0.506 e. The van der Waals surface area contributed by atoms with Crippen LogP contribution in [0.2, 0.25) is 0 Å². The third-order valence-corrected chi connectivity index (χ3v) is 5.50. The summed E-state index contributed by atoms with van der Waals surface area (Å²) in [6.07, 6.45) is 3.31. The van der Waals surface area contributed by atoms with Gasteiger partial charge in [0.15, 0.2) is 5.82 Å². The predicted molar refractivity (Wildman–Crippen MR) is 85.0 cm³/mol. The highest BCUT2D eigenvalue weighted by molar-refractivity contribution is 9.11. The predicted octanol–water partition coefficient (Wildman–Crippen LogP) is 4.39. The van der Waals surface area contributed by atoms with Crippen LogP contribution in [0.5, 0.6) is 5.75 Å². The Labute approximate surface area is 134 Å². The number of aliphatic imine (C=N–C) groups is 1. The van der Waals surface area contributed by atoms with Crippen LogP contribution in [-0.4, -0.2) is 21.6 Å². The van der Waals surface area contributed by atoms with Crippen molar-refractivity contribution in [2.24, 2.45) is 4.99 Å². The number of phenolic OH excluding ortho intramolecular Hbond substituents is 1. The van der Waals surface area contributed by atoms with E-state index in [1.165, 1.54) is 35.7 Å². The summed E-state index contributed by atoms with van der Waals surface area (Å²) >= 11 is 8.61. The van der Waals surface area contributed by atoms with Crippen molar-refractivity contribution in [3.05, 3.63) is 31.3 Å². The summed E-state index contributed by atoms with van der Waals surface area (Å²) in [5.41, 5.74) is 0.341. The molecule has 19 heavy (non-hydrogen) atoms. The van der Waals surface area contributed by atoms with Gasteiger partial charge in [0.25, 0.3) is 5.91 Å². The lowest BCUT2D eigenvalue weighted by molar-refractivity contribution is -0.113. The zero-order valence-electron chi connectivity index (χ0n) is 9.41. The molecule has 0 radical (unpaired) electrons. The fourth-order valence-corrected chi connectivity index (χ4v) is 3.90. The van der Waals surface area contributed by atoms with Gasteiger partial charge in [0.1, 0.15) is 10.1 Å². The highest BCUT2D eigenvalue weighted by atomic mass is 79.9. The molecule has 0 saturated carbocycles. The highest BCUT2D eigenvalue weighted by Gasteiger charge is 2.22. The van der Waals surface area contributed by atoms with Crippen LogP contribution >= 0.6 is 55.4 Å². The van der Waals surface area contributed by atoms with Gasteiger partial charge in [0.2, 0.25) is 0 Å². The fourth-order valence-electron chi connectivity index (χ4n) is 1.33. The Morgan fingerprint density at radius 3 is 2.79 bits per heavy atom. The minimum atomic E-state index is -0.592. The summed E-state index contributed by atoms with van der Waals surface area (Å²) in [7, 11) is 0. The molecule has 0 fully saturated rings. The first kappa shape index (κ1) is 15.1. The lowest BCUT2D eigenvalue weighted by Crippen LogP contribution is -1.90. The molecule has 1 aromatic carbocycles. The molecular weight excluding hydrogens is 421 g/mol. The lowest BCUT2D eigenvalue weighted by atomic mass is 10.2. The van der Waals surface area contributed by atoms with Crippen molar-refractivity contribution < 1.29 is 14.3 Å². The minimum absolute atomic E-state index is 0.0461. The summed E-state index contributed by atoms with van der Waals surface area (Å²) in [6, 6.07) is 1.41. The van der Waals surface area contributed by atoms with Crippen LogP contribution in [0.15, 0.2) is 24.9 Å². The van der Waals surface area contributed by atoms with Gasteiger partial charge in [-0.15, -0.1) is 11.8 Å². The third kappa shape index (κ3) is 3.07. The number of halogens is 3. The van der Waals surface area contributed by atoms with Crippen molar-refractivity contribution in [1.29, 1.82) is 0 Å². The molecule has 1 aliphatic heterocycles. The number of hydrogen-bond acceptors (Lipinski definition) is 4. The van der Waals surface area contributed by atoms with E-state index in [2.05, 4.69) is 36.9 Å². The Morgan fingerprint density at radius 2 is 2.21 bits per heavy atom. The minimum Gasteiger partial charge on any atom is -0.506 e. The number of phenols is 1. The van der Waals surface area contributed by atoms with Crippen molar-refractivity contribution >= 4 is 71.7 Å². The van der Waals surface area contributed by atoms with E-state index in [0.29, 0.717) is 14.8 Å². The van der Waals surface area contributed by atoms with E-state index in [-0.39, 0.29) is 20.6 Å². The number of carbonyl (C=O) groups is 1. The van der Waals surface area contributed by atoms with Crippen molar-refractivity contribution in [3.63, 3.8) is 0 Å². The standard InChI is InChI=1S/C11H6Br2FNO2S2/c1-18-11-15-10(17)6(19-11)3-4-2-5(12)8(14)7(13)9(4)16/h2-3,16H,1H3/b6-3-. The van der Waals surface area contributed by atoms with Gasteiger partial charge >= 0.3 is 0 Å². The second-order valence-corrected chi connectivity index (χ2v) is 7.15. The second kappa shape index (κ2) is 5.99. The topological polar surface area (TPSA) is 49.7 Å². The number of amides is 1. The number of carbonyl (C=O) groups excluding carboxylic acids is 1. The van der Waals surface area contributed by atoms with E-state index in [0.717, 1.165) is 0 Å². The summed E-state index contributed by atoms with van der Waals surface area (Å²) in [5.74, 6) is -1.20. The Balaban J connectivity index is 2.43. The van der Waals surface area contributed by atoms with Crippen LogP contribution in [0.1, 0.15) is 5.56 Å². The van der Waals surface area contributed by atoms with Crippen LogP contribution in [-0.2, 0) is 4.79 Å². The molecule has 0 aliphatic carbocycles. The normalized spacial score (nSPS) is 17.2. The Morgan fingerprint density at radius 1 is 1.53 bits per heavy atom. The SMILES string of the molecule is CSC1=NC(=O)/C(=C/c2cc(Br)c(F)c(Br)c2O)S1. The molecule has 0 saturated heterocycles. The summed E-state index contributed by atoms with van der Waals surface area (Å²) in [5, 5.41) is 9.86. The van der Waals surface area contributed by atoms with E-state index < -0.39 is 5.82 Å². The zero-order valence-corrected chi connectivity index (χ0v) is 14.2. The Kier molecular flexibility index (Phi) is 4.75. The maximum Gasteiger partial charge on any atom is 0.285 e. The molecule has 0 bridgehead atoms.